The average Bonchev–Trinajstić information content (AvgIpc) is 2.75. The van der Waals surface area contributed by atoms with E-state index in [0.717, 1.165) is 54.1 Å². The highest BCUT2D eigenvalue weighted by atomic mass is 35.5. The molecule has 0 amide bonds. The van der Waals surface area contributed by atoms with E-state index in [0.29, 0.717) is 6.54 Å². The number of ether oxygens (including phenoxy) is 1. The summed E-state index contributed by atoms with van der Waals surface area (Å²) in [6, 6.07) is 15.3. The predicted molar refractivity (Wildman–Crippen MR) is 129 cm³/mol. The van der Waals surface area contributed by atoms with Crippen molar-refractivity contribution in [2.24, 2.45) is 0 Å². The predicted octanol–water partition coefficient (Wildman–Crippen LogP) is 3.65. The number of nitrogens with zero attached hydrogens (tertiary/aromatic N) is 3. The van der Waals surface area contributed by atoms with Crippen molar-refractivity contribution in [3.63, 3.8) is 0 Å². The zero-order valence-electron chi connectivity index (χ0n) is 17.5. The topological polar surface area (TPSA) is 69.1 Å². The van der Waals surface area contributed by atoms with E-state index in [1.54, 1.807) is 6.07 Å². The Kier molecular flexibility index (Phi) is 9.19. The van der Waals surface area contributed by atoms with Gasteiger partial charge in [-0.05, 0) is 30.7 Å². The molecular formula is C23H29Cl2N3O3. The van der Waals surface area contributed by atoms with Crippen molar-refractivity contribution in [2.45, 2.75) is 13.0 Å². The Morgan fingerprint density at radius 2 is 1.68 bits per heavy atom. The smallest absolute Gasteiger partial charge is 0.130 e. The van der Waals surface area contributed by atoms with E-state index in [4.69, 9.17) is 4.74 Å². The number of β-amino-alcohol motifs (C(OH)–C–C–N with tert-alkyl or cyclic N) is 1. The van der Waals surface area contributed by atoms with Crippen molar-refractivity contribution in [1.29, 1.82) is 0 Å². The molecule has 0 radical (unpaired) electrons. The molecule has 4 rings (SSSR count). The lowest BCUT2D eigenvalue weighted by Gasteiger charge is -2.36. The van der Waals surface area contributed by atoms with Crippen LogP contribution >= 0.6 is 24.8 Å². The van der Waals surface area contributed by atoms with Gasteiger partial charge in [-0.15, -0.1) is 24.8 Å². The van der Waals surface area contributed by atoms with Crippen molar-refractivity contribution in [3.05, 3.63) is 60.3 Å². The summed E-state index contributed by atoms with van der Waals surface area (Å²) < 4.78 is 5.99. The highest BCUT2D eigenvalue weighted by Gasteiger charge is 2.20. The van der Waals surface area contributed by atoms with Crippen molar-refractivity contribution in [2.75, 3.05) is 44.2 Å². The molecule has 1 unspecified atom stereocenters. The van der Waals surface area contributed by atoms with Gasteiger partial charge < -0.3 is 19.8 Å². The second-order valence-electron chi connectivity index (χ2n) is 7.53. The van der Waals surface area contributed by atoms with Gasteiger partial charge in [0.1, 0.15) is 30.0 Å². The molecule has 1 aliphatic rings. The molecule has 1 aliphatic heterocycles. The molecule has 0 spiro atoms. The van der Waals surface area contributed by atoms with Crippen LogP contribution < -0.4 is 9.64 Å². The first-order chi connectivity index (χ1) is 14.1. The number of benzene rings is 2. The van der Waals surface area contributed by atoms with E-state index in [1.165, 1.54) is 0 Å². The summed E-state index contributed by atoms with van der Waals surface area (Å²) in [6.45, 7) is 6.26. The molecule has 1 fully saturated rings. The van der Waals surface area contributed by atoms with Gasteiger partial charge in [0.2, 0.25) is 0 Å². The molecule has 8 heteroatoms. The third kappa shape index (κ3) is 5.92. The number of aliphatic hydroxyl groups is 1. The van der Waals surface area contributed by atoms with Crippen LogP contribution in [0.1, 0.15) is 5.56 Å². The lowest BCUT2D eigenvalue weighted by atomic mass is 10.0. The van der Waals surface area contributed by atoms with E-state index in [1.807, 2.05) is 55.6 Å². The Bertz CT molecular complexity index is 967. The minimum atomic E-state index is -0.580. The Labute approximate surface area is 195 Å². The minimum Gasteiger partial charge on any atom is -0.507 e. The standard InChI is InChI=1S/C23H27N3O3.2ClH/c1-17-14-21(28)19-6-2-3-7-20(19)23(17)29-16-18(27)15-25-10-12-26(13-11-25)22-8-4-5-9-24-22;;/h2-9,14,18,27-28H,10-13,15-16H2,1H3;2*1H. The number of fused-ring (bicyclic) bond motifs is 1. The fraction of sp³-hybridized carbons (Fsp3) is 0.348. The number of aromatic hydroxyl groups is 1. The second-order valence-corrected chi connectivity index (χ2v) is 7.53. The van der Waals surface area contributed by atoms with Crippen LogP contribution in [0.15, 0.2) is 54.7 Å². The van der Waals surface area contributed by atoms with Gasteiger partial charge in [-0.25, -0.2) is 4.98 Å². The molecule has 31 heavy (non-hydrogen) atoms. The number of phenolic OH excluding ortho intramolecular Hbond substituents is 1. The number of phenols is 1. The Balaban J connectivity index is 0.00000171. The number of halogens is 2. The molecule has 6 nitrogen and oxygen atoms in total. The summed E-state index contributed by atoms with van der Waals surface area (Å²) in [6.07, 6.45) is 1.24. The van der Waals surface area contributed by atoms with Crippen LogP contribution in [0, 0.1) is 6.92 Å². The third-order valence-corrected chi connectivity index (χ3v) is 5.39. The molecule has 1 aromatic heterocycles. The second kappa shape index (κ2) is 11.4. The van der Waals surface area contributed by atoms with Gasteiger partial charge in [0, 0.05) is 49.7 Å². The van der Waals surface area contributed by atoms with Crippen LogP contribution in [0.2, 0.25) is 0 Å². The van der Waals surface area contributed by atoms with Crippen molar-refractivity contribution < 1.29 is 14.9 Å². The van der Waals surface area contributed by atoms with Crippen molar-refractivity contribution in [3.8, 4) is 11.5 Å². The maximum Gasteiger partial charge on any atom is 0.130 e. The maximum atomic E-state index is 10.5. The van der Waals surface area contributed by atoms with Crippen LogP contribution in [-0.2, 0) is 0 Å². The van der Waals surface area contributed by atoms with Gasteiger partial charge >= 0.3 is 0 Å². The summed E-state index contributed by atoms with van der Waals surface area (Å²) in [7, 11) is 0. The monoisotopic (exact) mass is 465 g/mol. The van der Waals surface area contributed by atoms with Gasteiger partial charge in [-0.3, -0.25) is 4.90 Å². The average molecular weight is 466 g/mol. The minimum absolute atomic E-state index is 0. The third-order valence-electron chi connectivity index (χ3n) is 5.39. The molecule has 0 saturated carbocycles. The molecule has 1 saturated heterocycles. The van der Waals surface area contributed by atoms with E-state index in [-0.39, 0.29) is 37.2 Å². The Hall–Kier alpha value is -2.25. The summed E-state index contributed by atoms with van der Waals surface area (Å²) in [5.41, 5.74) is 0.859. The normalized spacial score (nSPS) is 15.1. The maximum absolute atomic E-state index is 10.5. The van der Waals surface area contributed by atoms with Crippen molar-refractivity contribution >= 4 is 41.4 Å². The summed E-state index contributed by atoms with van der Waals surface area (Å²) in [5, 5.41) is 22.3. The molecule has 0 aliphatic carbocycles. The van der Waals surface area contributed by atoms with Crippen LogP contribution in [0.5, 0.6) is 11.5 Å². The fourth-order valence-corrected chi connectivity index (χ4v) is 3.89. The SMILES string of the molecule is Cc1cc(O)c2ccccc2c1OCC(O)CN1CCN(c2ccccn2)CC1.Cl.Cl. The zero-order valence-corrected chi connectivity index (χ0v) is 19.1. The lowest BCUT2D eigenvalue weighted by Crippen LogP contribution is -2.49. The van der Waals surface area contributed by atoms with Gasteiger partial charge in [-0.2, -0.15) is 0 Å². The molecule has 0 bridgehead atoms. The van der Waals surface area contributed by atoms with Gasteiger partial charge in [0.25, 0.3) is 0 Å². The van der Waals surface area contributed by atoms with E-state index < -0.39 is 6.10 Å². The fourth-order valence-electron chi connectivity index (χ4n) is 3.89. The quantitative estimate of drug-likeness (QED) is 0.578. The van der Waals surface area contributed by atoms with Crippen molar-refractivity contribution in [1.82, 2.24) is 9.88 Å². The van der Waals surface area contributed by atoms with E-state index >= 15 is 0 Å². The molecule has 2 heterocycles. The molecule has 2 aromatic carbocycles. The van der Waals surface area contributed by atoms with E-state index in [9.17, 15) is 10.2 Å². The number of pyridine rings is 1. The lowest BCUT2D eigenvalue weighted by molar-refractivity contribution is 0.0665. The van der Waals surface area contributed by atoms with Crippen LogP contribution in [0.4, 0.5) is 5.82 Å². The summed E-state index contributed by atoms with van der Waals surface area (Å²) in [4.78, 5) is 8.94. The Morgan fingerprint density at radius 3 is 2.35 bits per heavy atom. The first kappa shape index (κ1) is 25.0. The van der Waals surface area contributed by atoms with Gasteiger partial charge in [0.15, 0.2) is 0 Å². The highest BCUT2D eigenvalue weighted by molar-refractivity contribution is 5.94. The number of anilines is 1. The number of aromatic nitrogens is 1. The molecule has 1 atom stereocenters. The zero-order chi connectivity index (χ0) is 20.2. The first-order valence-corrected chi connectivity index (χ1v) is 10.0. The van der Waals surface area contributed by atoms with E-state index in [2.05, 4.69) is 14.8 Å². The van der Waals surface area contributed by atoms with Crippen LogP contribution in [0.25, 0.3) is 10.8 Å². The van der Waals surface area contributed by atoms with Gasteiger partial charge in [-0.1, -0.05) is 30.3 Å². The largest absolute Gasteiger partial charge is 0.507 e. The first-order valence-electron chi connectivity index (χ1n) is 10.0. The molecular weight excluding hydrogens is 437 g/mol. The number of hydrogen-bond acceptors (Lipinski definition) is 6. The number of aryl methyl sites for hydroxylation is 1. The highest BCUT2D eigenvalue weighted by Crippen LogP contribution is 2.35. The van der Waals surface area contributed by atoms with Crippen LogP contribution in [0.3, 0.4) is 0 Å². The summed E-state index contributed by atoms with van der Waals surface area (Å²) in [5.74, 6) is 1.97. The number of hydrogen-bond donors (Lipinski definition) is 2. The molecule has 168 valence electrons. The van der Waals surface area contributed by atoms with Gasteiger partial charge in [0.05, 0.1) is 0 Å². The number of aliphatic hydroxyl groups excluding tert-OH is 1. The molecule has 3 aromatic rings. The number of piperazine rings is 1. The number of rotatable bonds is 6. The molecule has 2 N–H and O–H groups in total. The Morgan fingerprint density at radius 1 is 1.00 bits per heavy atom. The van der Waals surface area contributed by atoms with Crippen LogP contribution in [-0.4, -0.2) is 65.5 Å². The summed E-state index contributed by atoms with van der Waals surface area (Å²) >= 11 is 0.